The second kappa shape index (κ2) is 7.28. The quantitative estimate of drug-likeness (QED) is 0.818. The number of aryl methyl sites for hydroxylation is 1. The van der Waals surface area contributed by atoms with Crippen molar-refractivity contribution in [3.8, 4) is 11.5 Å². The Labute approximate surface area is 162 Å². The molecule has 0 radical (unpaired) electrons. The van der Waals surface area contributed by atoms with Gasteiger partial charge in [-0.25, -0.2) is 8.42 Å². The molecule has 1 N–H and O–H groups in total. The van der Waals surface area contributed by atoms with Crippen LogP contribution in [0.5, 0.6) is 11.5 Å². The summed E-state index contributed by atoms with van der Waals surface area (Å²) in [4.78, 5) is 12.7. The third-order valence-corrected chi connectivity index (χ3v) is 5.60. The summed E-state index contributed by atoms with van der Waals surface area (Å²) in [6.45, 7) is 3.40. The maximum absolute atomic E-state index is 12.7. The number of halogens is 1. The van der Waals surface area contributed by atoms with Gasteiger partial charge >= 0.3 is 0 Å². The van der Waals surface area contributed by atoms with Crippen molar-refractivity contribution >= 4 is 38.9 Å². The number of nitrogens with one attached hydrogen (secondary N) is 1. The number of amides is 1. The number of nitrogens with zero attached hydrogens (tertiary/aromatic N) is 1. The van der Waals surface area contributed by atoms with Crippen LogP contribution in [0.2, 0.25) is 5.02 Å². The summed E-state index contributed by atoms with van der Waals surface area (Å²) in [5, 5.41) is 3.10. The number of carbonyl (C=O) groups excluding carboxylic acids is 1. The lowest BCUT2D eigenvalue weighted by molar-refractivity contribution is -0.116. The number of hydrogen-bond acceptors (Lipinski definition) is 5. The van der Waals surface area contributed by atoms with Gasteiger partial charge in [-0.3, -0.25) is 9.10 Å². The van der Waals surface area contributed by atoms with Gasteiger partial charge in [0.25, 0.3) is 0 Å². The average molecular weight is 411 g/mol. The lowest BCUT2D eigenvalue weighted by Crippen LogP contribution is -2.45. The Hall–Kier alpha value is -2.45. The highest BCUT2D eigenvalue weighted by Crippen LogP contribution is 2.34. The lowest BCUT2D eigenvalue weighted by Gasteiger charge is -2.29. The minimum Gasteiger partial charge on any atom is -0.454 e. The van der Waals surface area contributed by atoms with Gasteiger partial charge in [-0.15, -0.1) is 0 Å². The number of hydrogen-bond donors (Lipinski definition) is 1. The standard InChI is InChI=1S/C18H19ClN2O5S/c1-11-4-5-13(19)8-15(11)21(27(3,23)24)12(2)18(22)20-14-6-7-16-17(9-14)26-10-25-16/h4-9,12H,10H2,1-3H3,(H,20,22). The molecule has 0 aromatic heterocycles. The highest BCUT2D eigenvalue weighted by molar-refractivity contribution is 7.92. The Morgan fingerprint density at radius 3 is 2.59 bits per heavy atom. The van der Waals surface area contributed by atoms with E-state index in [0.29, 0.717) is 33.5 Å². The molecule has 1 aliphatic rings. The van der Waals surface area contributed by atoms with Crippen molar-refractivity contribution in [1.82, 2.24) is 0 Å². The zero-order valence-electron chi connectivity index (χ0n) is 15.0. The van der Waals surface area contributed by atoms with Gasteiger partial charge in [0, 0.05) is 16.8 Å². The molecular formula is C18H19ClN2O5S. The molecule has 1 aliphatic heterocycles. The van der Waals surface area contributed by atoms with Crippen molar-refractivity contribution in [1.29, 1.82) is 0 Å². The van der Waals surface area contributed by atoms with E-state index in [9.17, 15) is 13.2 Å². The first-order valence-electron chi connectivity index (χ1n) is 8.13. The molecule has 7 nitrogen and oxygen atoms in total. The van der Waals surface area contributed by atoms with Crippen LogP contribution in [0.1, 0.15) is 12.5 Å². The summed E-state index contributed by atoms with van der Waals surface area (Å²) >= 11 is 6.03. The largest absolute Gasteiger partial charge is 0.454 e. The summed E-state index contributed by atoms with van der Waals surface area (Å²) < 4.78 is 36.4. The van der Waals surface area contributed by atoms with Crippen molar-refractivity contribution in [2.24, 2.45) is 0 Å². The Morgan fingerprint density at radius 1 is 1.19 bits per heavy atom. The molecule has 1 atom stereocenters. The molecule has 1 amide bonds. The van der Waals surface area contributed by atoms with E-state index in [1.54, 1.807) is 37.3 Å². The third kappa shape index (κ3) is 4.12. The smallest absolute Gasteiger partial charge is 0.247 e. The Balaban J connectivity index is 1.89. The van der Waals surface area contributed by atoms with Crippen LogP contribution in [0.3, 0.4) is 0 Å². The van der Waals surface area contributed by atoms with E-state index >= 15 is 0 Å². The number of benzene rings is 2. The van der Waals surface area contributed by atoms with Gasteiger partial charge < -0.3 is 14.8 Å². The van der Waals surface area contributed by atoms with Gasteiger partial charge in [0.1, 0.15) is 6.04 Å². The fourth-order valence-corrected chi connectivity index (χ4v) is 4.21. The molecule has 0 aliphatic carbocycles. The Morgan fingerprint density at radius 2 is 1.89 bits per heavy atom. The summed E-state index contributed by atoms with van der Waals surface area (Å²) in [5.41, 5.74) is 1.53. The van der Waals surface area contributed by atoms with Crippen LogP contribution in [0, 0.1) is 6.92 Å². The maximum Gasteiger partial charge on any atom is 0.247 e. The number of fused-ring (bicyclic) bond motifs is 1. The number of ether oxygens (including phenoxy) is 2. The number of carbonyl (C=O) groups is 1. The van der Waals surface area contributed by atoms with Crippen molar-refractivity contribution in [3.05, 3.63) is 47.0 Å². The van der Waals surface area contributed by atoms with E-state index in [4.69, 9.17) is 21.1 Å². The highest BCUT2D eigenvalue weighted by atomic mass is 35.5. The van der Waals surface area contributed by atoms with Gasteiger partial charge in [0.2, 0.25) is 22.7 Å². The SMILES string of the molecule is Cc1ccc(Cl)cc1N(C(C)C(=O)Nc1ccc2c(c1)OCO2)S(C)(=O)=O. The molecule has 1 unspecified atom stereocenters. The first-order valence-corrected chi connectivity index (χ1v) is 10.4. The van der Waals surface area contributed by atoms with Crippen molar-refractivity contribution in [2.75, 3.05) is 22.7 Å². The van der Waals surface area contributed by atoms with Gasteiger partial charge in [-0.1, -0.05) is 17.7 Å². The molecule has 0 bridgehead atoms. The zero-order chi connectivity index (χ0) is 19.8. The van der Waals surface area contributed by atoms with Crippen LogP contribution in [0.4, 0.5) is 11.4 Å². The summed E-state index contributed by atoms with van der Waals surface area (Å²) in [5.74, 6) is 0.623. The molecule has 2 aromatic rings. The Kier molecular flexibility index (Phi) is 5.21. The monoisotopic (exact) mass is 410 g/mol. The van der Waals surface area contributed by atoms with E-state index in [-0.39, 0.29) is 6.79 Å². The first kappa shape index (κ1) is 19.3. The molecular weight excluding hydrogens is 392 g/mol. The molecule has 144 valence electrons. The normalized spacial score (nSPS) is 13.9. The first-order chi connectivity index (χ1) is 12.7. The third-order valence-electron chi connectivity index (χ3n) is 4.14. The molecule has 3 rings (SSSR count). The molecule has 27 heavy (non-hydrogen) atoms. The molecule has 9 heteroatoms. The number of anilines is 2. The fourth-order valence-electron chi connectivity index (χ4n) is 2.82. The molecule has 0 saturated heterocycles. The van der Waals surface area contributed by atoms with Crippen LogP contribution in [0.25, 0.3) is 0 Å². The second-order valence-electron chi connectivity index (χ2n) is 6.22. The van der Waals surface area contributed by atoms with Crippen LogP contribution in [0.15, 0.2) is 36.4 Å². The Bertz CT molecular complexity index is 993. The molecule has 0 fully saturated rings. The molecule has 0 saturated carbocycles. The van der Waals surface area contributed by atoms with E-state index in [2.05, 4.69) is 5.32 Å². The fraction of sp³-hybridized carbons (Fsp3) is 0.278. The molecule has 1 heterocycles. The van der Waals surface area contributed by atoms with Crippen molar-refractivity contribution < 1.29 is 22.7 Å². The summed E-state index contributed by atoms with van der Waals surface area (Å²) in [6.07, 6.45) is 1.05. The maximum atomic E-state index is 12.7. The van der Waals surface area contributed by atoms with Crippen LogP contribution in [-0.2, 0) is 14.8 Å². The average Bonchev–Trinajstić information content (AvgIpc) is 3.04. The predicted molar refractivity (Wildman–Crippen MR) is 104 cm³/mol. The molecule has 2 aromatic carbocycles. The van der Waals surface area contributed by atoms with Crippen molar-refractivity contribution in [2.45, 2.75) is 19.9 Å². The predicted octanol–water partition coefficient (Wildman–Crippen LogP) is 3.17. The summed E-state index contributed by atoms with van der Waals surface area (Å²) in [7, 11) is -3.73. The van der Waals surface area contributed by atoms with Gasteiger partial charge in [-0.05, 0) is 43.7 Å². The minimum atomic E-state index is -3.73. The van der Waals surface area contributed by atoms with Gasteiger partial charge in [0.05, 0.1) is 11.9 Å². The minimum absolute atomic E-state index is 0.124. The summed E-state index contributed by atoms with van der Waals surface area (Å²) in [6, 6.07) is 8.87. The second-order valence-corrected chi connectivity index (χ2v) is 8.52. The highest BCUT2D eigenvalue weighted by Gasteiger charge is 2.30. The molecule has 0 spiro atoms. The van der Waals surface area contributed by atoms with Crippen LogP contribution < -0.4 is 19.1 Å². The number of rotatable bonds is 5. The topological polar surface area (TPSA) is 84.9 Å². The van der Waals surface area contributed by atoms with Gasteiger partial charge in [0.15, 0.2) is 11.5 Å². The van der Waals surface area contributed by atoms with Crippen molar-refractivity contribution in [3.63, 3.8) is 0 Å². The lowest BCUT2D eigenvalue weighted by atomic mass is 10.1. The van der Waals surface area contributed by atoms with E-state index in [1.807, 2.05) is 0 Å². The van der Waals surface area contributed by atoms with Crippen LogP contribution in [-0.4, -0.2) is 33.4 Å². The van der Waals surface area contributed by atoms with Gasteiger partial charge in [-0.2, -0.15) is 0 Å². The zero-order valence-corrected chi connectivity index (χ0v) is 16.6. The number of sulfonamides is 1. The van der Waals surface area contributed by atoms with E-state index in [0.717, 1.165) is 10.6 Å². The van der Waals surface area contributed by atoms with E-state index in [1.165, 1.54) is 13.0 Å². The van der Waals surface area contributed by atoms with Crippen LogP contribution >= 0.6 is 11.6 Å². The van der Waals surface area contributed by atoms with E-state index < -0.39 is 22.0 Å².